The lowest BCUT2D eigenvalue weighted by Gasteiger charge is -2.34. The van der Waals surface area contributed by atoms with Gasteiger partial charge in [0.2, 0.25) is 0 Å². The van der Waals surface area contributed by atoms with E-state index in [1.807, 2.05) is 42.5 Å². The number of methoxy groups -OCH3 is 2. The second-order valence-corrected chi connectivity index (χ2v) is 11.6. The van der Waals surface area contributed by atoms with E-state index in [9.17, 15) is 9.90 Å². The lowest BCUT2D eigenvalue weighted by atomic mass is 9.77. The monoisotopic (exact) mass is 548 g/mol. The van der Waals surface area contributed by atoms with Gasteiger partial charge >= 0.3 is 5.97 Å². The average Bonchev–Trinajstić information content (AvgIpc) is 3.76. The molecule has 0 saturated heterocycles. The highest BCUT2D eigenvalue weighted by molar-refractivity contribution is 5.71. The Morgan fingerprint density at radius 3 is 2.45 bits per heavy atom. The molecule has 0 amide bonds. The molecule has 2 atom stereocenters. The van der Waals surface area contributed by atoms with Gasteiger partial charge in [-0.05, 0) is 88.7 Å². The van der Waals surface area contributed by atoms with Crippen molar-refractivity contribution >= 4 is 5.97 Å². The van der Waals surface area contributed by atoms with Crippen LogP contribution in [0.2, 0.25) is 0 Å². The van der Waals surface area contributed by atoms with Crippen LogP contribution >= 0.6 is 0 Å². The Morgan fingerprint density at radius 2 is 1.80 bits per heavy atom. The molecule has 40 heavy (non-hydrogen) atoms. The van der Waals surface area contributed by atoms with E-state index in [1.54, 1.807) is 26.4 Å². The minimum atomic E-state index is -0.778. The molecule has 0 aliphatic heterocycles. The van der Waals surface area contributed by atoms with E-state index in [4.69, 9.17) is 14.2 Å². The predicted octanol–water partition coefficient (Wildman–Crippen LogP) is 8.56. The van der Waals surface area contributed by atoms with Crippen LogP contribution < -0.4 is 9.47 Å². The molecular weight excluding hydrogens is 507 g/mol. The Bertz CT molecular complexity index is 1310. The van der Waals surface area contributed by atoms with Gasteiger partial charge in [-0.1, -0.05) is 57.9 Å². The lowest BCUT2D eigenvalue weighted by molar-refractivity contribution is -0.137. The first-order chi connectivity index (χ1) is 19.1. The molecule has 1 N–H and O–H groups in total. The van der Waals surface area contributed by atoms with E-state index in [0.717, 1.165) is 35.1 Å². The highest BCUT2D eigenvalue weighted by atomic mass is 19.1. The summed E-state index contributed by atoms with van der Waals surface area (Å²) in [5.41, 5.74) is 3.84. The molecule has 0 radical (unpaired) electrons. The molecule has 0 aromatic heterocycles. The van der Waals surface area contributed by atoms with Gasteiger partial charge in [0.1, 0.15) is 23.9 Å². The molecule has 1 aliphatic rings. The van der Waals surface area contributed by atoms with Crippen LogP contribution in [0.1, 0.15) is 81.6 Å². The second kappa shape index (κ2) is 12.9. The van der Waals surface area contributed by atoms with Crippen LogP contribution in [0.4, 0.5) is 4.39 Å². The summed E-state index contributed by atoms with van der Waals surface area (Å²) < 4.78 is 32.7. The van der Waals surface area contributed by atoms with E-state index >= 15 is 4.39 Å². The Labute approximate surface area is 237 Å². The highest BCUT2D eigenvalue weighted by Crippen LogP contribution is 2.44. The molecule has 0 unspecified atom stereocenters. The Balaban J connectivity index is 1.64. The average molecular weight is 549 g/mol. The van der Waals surface area contributed by atoms with Gasteiger partial charge in [0.05, 0.1) is 19.6 Å². The molecule has 3 aromatic carbocycles. The van der Waals surface area contributed by atoms with Crippen molar-refractivity contribution in [3.63, 3.8) is 0 Å². The maximum atomic E-state index is 15.1. The number of carboxylic acids is 1. The molecule has 214 valence electrons. The zero-order valence-corrected chi connectivity index (χ0v) is 24.2. The van der Waals surface area contributed by atoms with E-state index in [1.165, 1.54) is 18.9 Å². The number of carbonyl (C=O) groups is 1. The minimum absolute atomic E-state index is 0.0177. The third kappa shape index (κ3) is 7.22. The molecule has 0 spiro atoms. The van der Waals surface area contributed by atoms with Crippen molar-refractivity contribution in [3.05, 3.63) is 83.2 Å². The highest BCUT2D eigenvalue weighted by Gasteiger charge is 2.32. The van der Waals surface area contributed by atoms with Crippen molar-refractivity contribution in [1.82, 2.24) is 0 Å². The Morgan fingerprint density at radius 1 is 1.02 bits per heavy atom. The van der Waals surface area contributed by atoms with Crippen LogP contribution in [0, 0.1) is 17.2 Å². The number of rotatable bonds is 14. The van der Waals surface area contributed by atoms with Crippen molar-refractivity contribution in [2.45, 2.75) is 71.5 Å². The normalized spacial score (nSPS) is 14.9. The summed E-state index contributed by atoms with van der Waals surface area (Å²) in [7, 11) is 3.26. The fourth-order valence-electron chi connectivity index (χ4n) is 5.38. The molecule has 0 bridgehead atoms. The maximum absolute atomic E-state index is 15.1. The number of benzene rings is 3. The summed E-state index contributed by atoms with van der Waals surface area (Å²) in [5, 5.41) is 9.45. The molecular formula is C34H41FO5. The van der Waals surface area contributed by atoms with Crippen LogP contribution in [0.15, 0.2) is 60.7 Å². The van der Waals surface area contributed by atoms with Gasteiger partial charge in [-0.3, -0.25) is 4.79 Å². The van der Waals surface area contributed by atoms with Crippen molar-refractivity contribution in [2.75, 3.05) is 14.2 Å². The number of halogens is 1. The molecule has 6 heteroatoms. The minimum Gasteiger partial charge on any atom is -0.497 e. The van der Waals surface area contributed by atoms with Crippen molar-refractivity contribution in [2.24, 2.45) is 11.3 Å². The smallest absolute Gasteiger partial charge is 0.303 e. The third-order valence-electron chi connectivity index (χ3n) is 8.19. The summed E-state index contributed by atoms with van der Waals surface area (Å²) >= 11 is 0. The third-order valence-corrected chi connectivity index (χ3v) is 8.19. The van der Waals surface area contributed by atoms with E-state index in [2.05, 4.69) is 20.8 Å². The molecule has 1 aliphatic carbocycles. The van der Waals surface area contributed by atoms with Gasteiger partial charge in [0, 0.05) is 12.7 Å². The molecule has 0 heterocycles. The van der Waals surface area contributed by atoms with Gasteiger partial charge in [-0.15, -0.1) is 0 Å². The largest absolute Gasteiger partial charge is 0.497 e. The zero-order valence-electron chi connectivity index (χ0n) is 24.2. The standard InChI is InChI=1S/C34H41FO5/c1-6-34(2,3)33(39-5)30-17-23(12-14-28(30)29-20-26(38-4)13-15-31(29)35)21-40-27-9-7-8-24(18-27)25(19-32(36)37)16-22-10-11-22/h7-9,12-15,17-18,20,22,25,33H,6,10-11,16,19,21H2,1-5H3,(H,36,37)/t25-,33-/m0/s1. The van der Waals surface area contributed by atoms with E-state index in [0.29, 0.717) is 29.6 Å². The van der Waals surface area contributed by atoms with Crippen molar-refractivity contribution in [1.29, 1.82) is 0 Å². The fourth-order valence-corrected chi connectivity index (χ4v) is 5.38. The fraction of sp³-hybridized carbons (Fsp3) is 0.441. The second-order valence-electron chi connectivity index (χ2n) is 11.6. The summed E-state index contributed by atoms with van der Waals surface area (Å²) in [4.78, 5) is 11.5. The SMILES string of the molecule is CCC(C)(C)[C@@H](OC)c1cc(COc2cccc([C@H](CC(=O)O)CC3CC3)c2)ccc1-c1cc(OC)ccc1F. The zero-order chi connectivity index (χ0) is 28.9. The summed E-state index contributed by atoms with van der Waals surface area (Å²) in [6, 6.07) is 18.5. The molecule has 4 rings (SSSR count). The van der Waals surface area contributed by atoms with Gasteiger partial charge in [-0.2, -0.15) is 0 Å². The maximum Gasteiger partial charge on any atom is 0.303 e. The quantitative estimate of drug-likeness (QED) is 0.219. The first-order valence-electron chi connectivity index (χ1n) is 14.1. The van der Waals surface area contributed by atoms with Crippen LogP contribution in [0.5, 0.6) is 11.5 Å². The molecule has 1 saturated carbocycles. The first kappa shape index (κ1) is 29.6. The van der Waals surface area contributed by atoms with Crippen molar-refractivity contribution < 1.29 is 28.5 Å². The van der Waals surface area contributed by atoms with E-state index in [-0.39, 0.29) is 29.7 Å². The van der Waals surface area contributed by atoms with Gasteiger partial charge in [-0.25, -0.2) is 4.39 Å². The van der Waals surface area contributed by atoms with Gasteiger partial charge < -0.3 is 19.3 Å². The Kier molecular flexibility index (Phi) is 9.52. The molecule has 5 nitrogen and oxygen atoms in total. The van der Waals surface area contributed by atoms with Crippen LogP contribution in [0.3, 0.4) is 0 Å². The number of hydrogen-bond donors (Lipinski definition) is 1. The number of carboxylic acid groups (broad SMARTS) is 1. The predicted molar refractivity (Wildman–Crippen MR) is 155 cm³/mol. The van der Waals surface area contributed by atoms with Crippen LogP contribution in [0.25, 0.3) is 11.1 Å². The topological polar surface area (TPSA) is 65.0 Å². The number of hydrogen-bond acceptors (Lipinski definition) is 4. The lowest BCUT2D eigenvalue weighted by Crippen LogP contribution is -2.24. The molecule has 1 fully saturated rings. The van der Waals surface area contributed by atoms with Crippen LogP contribution in [-0.2, 0) is 16.1 Å². The van der Waals surface area contributed by atoms with Crippen LogP contribution in [-0.4, -0.2) is 25.3 Å². The first-order valence-corrected chi connectivity index (χ1v) is 14.1. The Hall–Kier alpha value is -3.38. The summed E-state index contributed by atoms with van der Waals surface area (Å²) in [6.07, 6.45) is 3.98. The van der Waals surface area contributed by atoms with Crippen molar-refractivity contribution in [3.8, 4) is 22.6 Å². The van der Waals surface area contributed by atoms with Gasteiger partial charge in [0.25, 0.3) is 0 Å². The number of aliphatic carboxylic acids is 1. The van der Waals surface area contributed by atoms with E-state index < -0.39 is 5.97 Å². The summed E-state index contributed by atoms with van der Waals surface area (Å²) in [6.45, 7) is 6.73. The molecule has 3 aromatic rings. The summed E-state index contributed by atoms with van der Waals surface area (Å²) in [5.74, 6) is 0.790. The number of ether oxygens (including phenoxy) is 3. The van der Waals surface area contributed by atoms with Gasteiger partial charge in [0.15, 0.2) is 0 Å².